The van der Waals surface area contributed by atoms with Gasteiger partial charge in [0.15, 0.2) is 11.0 Å². The summed E-state index contributed by atoms with van der Waals surface area (Å²) in [4.78, 5) is 17.8. The minimum absolute atomic E-state index is 0.564. The zero-order chi connectivity index (χ0) is 11.6. The van der Waals surface area contributed by atoms with Crippen molar-refractivity contribution < 1.29 is 0 Å². The predicted octanol–water partition coefficient (Wildman–Crippen LogP) is 2.24. The standard InChI is InChI=1S/C5H6N2S.C4H4ClN3/c1-8-5-6-3-2-4-7-5;5-8-4-3-6-1-2-7-4/h2-4H,1H3;1-3H,(H,7,8). The summed E-state index contributed by atoms with van der Waals surface area (Å²) in [5, 5.41) is 0.826. The van der Waals surface area contributed by atoms with Crippen molar-refractivity contribution >= 4 is 29.4 Å². The molecule has 2 heterocycles. The van der Waals surface area contributed by atoms with E-state index < -0.39 is 0 Å². The number of hydrogen-bond acceptors (Lipinski definition) is 6. The Hall–Kier alpha value is -1.40. The molecule has 0 fully saturated rings. The second kappa shape index (κ2) is 7.84. The largest absolute Gasteiger partial charge is 0.281 e. The number of anilines is 1. The van der Waals surface area contributed by atoms with Crippen LogP contribution in [0.4, 0.5) is 5.82 Å². The van der Waals surface area contributed by atoms with Gasteiger partial charge in [-0.3, -0.25) is 9.82 Å². The highest BCUT2D eigenvalue weighted by molar-refractivity contribution is 7.98. The molecule has 5 nitrogen and oxygen atoms in total. The van der Waals surface area contributed by atoms with Gasteiger partial charge in [0.1, 0.15) is 0 Å². The Balaban J connectivity index is 0.000000160. The minimum atomic E-state index is 0.564. The second-order valence-corrected chi connectivity index (χ2v) is 3.38. The molecule has 7 heteroatoms. The van der Waals surface area contributed by atoms with E-state index in [-0.39, 0.29) is 0 Å². The second-order valence-electron chi connectivity index (χ2n) is 2.42. The van der Waals surface area contributed by atoms with Gasteiger partial charge in [-0.2, -0.15) is 0 Å². The van der Waals surface area contributed by atoms with E-state index in [1.807, 2.05) is 6.26 Å². The maximum Gasteiger partial charge on any atom is 0.187 e. The molecule has 2 aromatic heterocycles. The lowest BCUT2D eigenvalue weighted by Gasteiger charge is -1.89. The van der Waals surface area contributed by atoms with Gasteiger partial charge in [0.25, 0.3) is 0 Å². The van der Waals surface area contributed by atoms with Crippen LogP contribution in [-0.2, 0) is 0 Å². The summed E-state index contributed by atoms with van der Waals surface area (Å²) in [6.07, 6.45) is 10.1. The molecule has 0 unspecified atom stereocenters. The third-order valence-electron chi connectivity index (χ3n) is 1.38. The summed E-state index contributed by atoms with van der Waals surface area (Å²) in [5.41, 5.74) is 0. The van der Waals surface area contributed by atoms with Gasteiger partial charge in [-0.1, -0.05) is 11.8 Å². The van der Waals surface area contributed by atoms with E-state index in [1.54, 1.807) is 42.6 Å². The van der Waals surface area contributed by atoms with Crippen LogP contribution in [0.1, 0.15) is 0 Å². The number of halogens is 1. The Morgan fingerprint density at radius 2 is 1.88 bits per heavy atom. The summed E-state index contributed by atoms with van der Waals surface area (Å²) in [5.74, 6) is 0.564. The Bertz CT molecular complexity index is 346. The molecule has 0 aliphatic rings. The van der Waals surface area contributed by atoms with Crippen LogP contribution in [0.5, 0.6) is 0 Å². The smallest absolute Gasteiger partial charge is 0.187 e. The van der Waals surface area contributed by atoms with Crippen molar-refractivity contribution in [2.45, 2.75) is 5.16 Å². The first-order valence-corrected chi connectivity index (χ1v) is 5.90. The van der Waals surface area contributed by atoms with Crippen molar-refractivity contribution in [3.05, 3.63) is 37.1 Å². The zero-order valence-electron chi connectivity index (χ0n) is 8.54. The predicted molar refractivity (Wildman–Crippen MR) is 65.3 cm³/mol. The molecule has 0 bridgehead atoms. The van der Waals surface area contributed by atoms with Crippen molar-refractivity contribution in [2.75, 3.05) is 11.1 Å². The van der Waals surface area contributed by atoms with E-state index in [0.717, 1.165) is 5.16 Å². The number of hydrogen-bond donors (Lipinski definition) is 1. The Labute approximate surface area is 103 Å². The monoisotopic (exact) mass is 255 g/mol. The third kappa shape index (κ3) is 4.90. The topological polar surface area (TPSA) is 63.6 Å². The first kappa shape index (κ1) is 12.7. The lowest BCUT2D eigenvalue weighted by molar-refractivity contribution is 0.970. The van der Waals surface area contributed by atoms with E-state index in [0.29, 0.717) is 5.82 Å². The van der Waals surface area contributed by atoms with E-state index in [4.69, 9.17) is 11.8 Å². The van der Waals surface area contributed by atoms with Gasteiger partial charge >= 0.3 is 0 Å². The highest BCUT2D eigenvalue weighted by atomic mass is 35.5. The molecule has 0 aliphatic heterocycles. The molecule has 2 rings (SSSR count). The number of rotatable bonds is 2. The summed E-state index contributed by atoms with van der Waals surface area (Å²) in [7, 11) is 0. The van der Waals surface area contributed by atoms with Crippen LogP contribution in [0, 0.1) is 0 Å². The molecule has 1 N–H and O–H groups in total. The van der Waals surface area contributed by atoms with E-state index >= 15 is 0 Å². The van der Waals surface area contributed by atoms with Gasteiger partial charge in [0.05, 0.1) is 6.20 Å². The van der Waals surface area contributed by atoms with Gasteiger partial charge in [0.2, 0.25) is 0 Å². The SMILES string of the molecule is CSc1ncccn1.ClNc1cnccn1. The highest BCUT2D eigenvalue weighted by Gasteiger charge is 1.84. The van der Waals surface area contributed by atoms with Crippen molar-refractivity contribution in [3.63, 3.8) is 0 Å². The quantitative estimate of drug-likeness (QED) is 0.504. The summed E-state index contributed by atoms with van der Waals surface area (Å²) in [6.45, 7) is 0. The molecule has 0 atom stereocenters. The van der Waals surface area contributed by atoms with E-state index in [9.17, 15) is 0 Å². The Kier molecular flexibility index (Phi) is 6.20. The average Bonchev–Trinajstić information content (AvgIpc) is 2.41. The van der Waals surface area contributed by atoms with Crippen LogP contribution < -0.4 is 4.84 Å². The zero-order valence-corrected chi connectivity index (χ0v) is 10.1. The molecule has 0 amide bonds. The van der Waals surface area contributed by atoms with Crippen molar-refractivity contribution in [1.29, 1.82) is 0 Å². The Morgan fingerprint density at radius 1 is 1.12 bits per heavy atom. The van der Waals surface area contributed by atoms with Crippen LogP contribution in [0.2, 0.25) is 0 Å². The first-order chi connectivity index (χ1) is 7.86. The molecule has 0 saturated heterocycles. The Morgan fingerprint density at radius 3 is 2.25 bits per heavy atom. The van der Waals surface area contributed by atoms with Gasteiger partial charge in [0, 0.05) is 36.6 Å². The molecule has 0 aliphatic carbocycles. The lowest BCUT2D eigenvalue weighted by atomic mass is 10.7. The molecule has 84 valence electrons. The fraction of sp³-hybridized carbons (Fsp3) is 0.111. The number of aromatic nitrogens is 4. The van der Waals surface area contributed by atoms with Crippen LogP contribution in [0.3, 0.4) is 0 Å². The van der Waals surface area contributed by atoms with Crippen LogP contribution in [0.25, 0.3) is 0 Å². The van der Waals surface area contributed by atoms with Gasteiger partial charge in [-0.05, 0) is 12.3 Å². The summed E-state index contributed by atoms with van der Waals surface area (Å²) < 4.78 is 0. The molecule has 0 radical (unpaired) electrons. The van der Waals surface area contributed by atoms with Gasteiger partial charge in [-0.15, -0.1) is 0 Å². The molecule has 0 spiro atoms. The van der Waals surface area contributed by atoms with Crippen molar-refractivity contribution in [3.8, 4) is 0 Å². The van der Waals surface area contributed by atoms with Crippen LogP contribution in [-0.4, -0.2) is 26.2 Å². The lowest BCUT2D eigenvalue weighted by Crippen LogP contribution is -1.83. The molecular weight excluding hydrogens is 246 g/mol. The summed E-state index contributed by atoms with van der Waals surface area (Å²) in [6, 6.07) is 1.81. The minimum Gasteiger partial charge on any atom is -0.281 e. The third-order valence-corrected chi connectivity index (χ3v) is 2.15. The van der Waals surface area contributed by atoms with Crippen LogP contribution in [0.15, 0.2) is 42.2 Å². The van der Waals surface area contributed by atoms with E-state index in [2.05, 4.69) is 24.8 Å². The number of thioether (sulfide) groups is 1. The number of nitrogens with one attached hydrogen (secondary N) is 1. The van der Waals surface area contributed by atoms with Gasteiger partial charge in [-0.25, -0.2) is 15.0 Å². The highest BCUT2D eigenvalue weighted by Crippen LogP contribution is 2.03. The molecular formula is C9H10ClN5S. The fourth-order valence-electron chi connectivity index (χ4n) is 0.739. The molecule has 0 aromatic carbocycles. The van der Waals surface area contributed by atoms with Crippen molar-refractivity contribution in [1.82, 2.24) is 19.9 Å². The van der Waals surface area contributed by atoms with Crippen molar-refractivity contribution in [2.24, 2.45) is 0 Å². The van der Waals surface area contributed by atoms with E-state index in [1.165, 1.54) is 6.20 Å². The molecule has 0 saturated carbocycles. The first-order valence-electron chi connectivity index (χ1n) is 4.30. The maximum atomic E-state index is 5.17. The average molecular weight is 256 g/mol. The molecule has 2 aromatic rings. The van der Waals surface area contributed by atoms with Crippen LogP contribution >= 0.6 is 23.5 Å². The molecule has 16 heavy (non-hydrogen) atoms. The number of nitrogens with zero attached hydrogens (tertiary/aromatic N) is 4. The van der Waals surface area contributed by atoms with Gasteiger partial charge < -0.3 is 0 Å². The maximum absolute atomic E-state index is 5.17. The summed E-state index contributed by atoms with van der Waals surface area (Å²) >= 11 is 6.72. The normalized spacial score (nSPS) is 8.88. The fourth-order valence-corrected chi connectivity index (χ4v) is 1.17.